The molecule has 1 N–H and O–H groups in total. The summed E-state index contributed by atoms with van der Waals surface area (Å²) in [5.74, 6) is -0.137. The summed E-state index contributed by atoms with van der Waals surface area (Å²) in [5, 5.41) is 12.3. The van der Waals surface area contributed by atoms with Gasteiger partial charge in [-0.25, -0.2) is 0 Å². The predicted octanol–water partition coefficient (Wildman–Crippen LogP) is 3.72. The maximum Gasteiger partial charge on any atom is 0.244 e. The van der Waals surface area contributed by atoms with Crippen molar-refractivity contribution in [3.8, 4) is 6.07 Å². The maximum atomic E-state index is 12.4. The first-order valence-corrected chi connectivity index (χ1v) is 6.87. The second kappa shape index (κ2) is 5.44. The molecular weight excluding hydrogens is 236 g/mol. The largest absolute Gasteiger partial charge is 0.324 e. The first-order valence-electron chi connectivity index (χ1n) is 6.87. The Kier molecular flexibility index (Phi) is 3.90. The highest BCUT2D eigenvalue weighted by Gasteiger charge is 2.39. The standard InChI is InChI=1S/C16H20N2O/c1-12-6-7-14(13(2)10-12)18-15(19)16(11-17)8-4-3-5-9-16/h6-7,10H,3-5,8-9H2,1-2H3,(H,18,19). The van der Waals surface area contributed by atoms with Gasteiger partial charge in [-0.05, 0) is 38.3 Å². The Morgan fingerprint density at radius 3 is 2.53 bits per heavy atom. The molecule has 0 unspecified atom stereocenters. The van der Waals surface area contributed by atoms with Crippen molar-refractivity contribution in [3.63, 3.8) is 0 Å². The quantitative estimate of drug-likeness (QED) is 0.876. The third-order valence-corrected chi connectivity index (χ3v) is 3.99. The van der Waals surface area contributed by atoms with E-state index in [0.717, 1.165) is 30.5 Å². The molecule has 2 rings (SSSR count). The lowest BCUT2D eigenvalue weighted by molar-refractivity contribution is -0.124. The number of benzene rings is 1. The molecule has 1 amide bonds. The van der Waals surface area contributed by atoms with Crippen LogP contribution in [0, 0.1) is 30.6 Å². The molecular formula is C16H20N2O. The van der Waals surface area contributed by atoms with E-state index in [4.69, 9.17) is 0 Å². The van der Waals surface area contributed by atoms with Crippen LogP contribution in [0.3, 0.4) is 0 Å². The topological polar surface area (TPSA) is 52.9 Å². The van der Waals surface area contributed by atoms with Crippen molar-refractivity contribution in [2.75, 3.05) is 5.32 Å². The van der Waals surface area contributed by atoms with Crippen LogP contribution in [0.1, 0.15) is 43.2 Å². The lowest BCUT2D eigenvalue weighted by Crippen LogP contribution is -2.36. The average molecular weight is 256 g/mol. The zero-order valence-electron chi connectivity index (χ0n) is 11.6. The van der Waals surface area contributed by atoms with E-state index in [9.17, 15) is 10.1 Å². The third-order valence-electron chi connectivity index (χ3n) is 3.99. The molecule has 1 saturated carbocycles. The Bertz CT molecular complexity index is 522. The summed E-state index contributed by atoms with van der Waals surface area (Å²) >= 11 is 0. The van der Waals surface area contributed by atoms with Crippen LogP contribution in [0.4, 0.5) is 5.69 Å². The van der Waals surface area contributed by atoms with Crippen molar-refractivity contribution < 1.29 is 4.79 Å². The van der Waals surface area contributed by atoms with Crippen molar-refractivity contribution >= 4 is 11.6 Å². The Balaban J connectivity index is 2.18. The summed E-state index contributed by atoms with van der Waals surface area (Å²) < 4.78 is 0. The number of amides is 1. The molecule has 0 spiro atoms. The van der Waals surface area contributed by atoms with Crippen molar-refractivity contribution in [1.82, 2.24) is 0 Å². The van der Waals surface area contributed by atoms with Gasteiger partial charge in [-0.1, -0.05) is 37.0 Å². The number of carbonyl (C=O) groups excluding carboxylic acids is 1. The fourth-order valence-corrected chi connectivity index (χ4v) is 2.74. The second-order valence-electron chi connectivity index (χ2n) is 5.53. The minimum Gasteiger partial charge on any atom is -0.324 e. The number of hydrogen-bond donors (Lipinski definition) is 1. The van der Waals surface area contributed by atoms with Crippen LogP contribution in [0.2, 0.25) is 0 Å². The van der Waals surface area contributed by atoms with E-state index < -0.39 is 5.41 Å². The fraction of sp³-hybridized carbons (Fsp3) is 0.500. The van der Waals surface area contributed by atoms with Crippen LogP contribution in [-0.4, -0.2) is 5.91 Å². The molecule has 0 aromatic heterocycles. The summed E-state index contributed by atoms with van der Waals surface area (Å²) in [4.78, 5) is 12.4. The van der Waals surface area contributed by atoms with Crippen LogP contribution < -0.4 is 5.32 Å². The molecule has 0 bridgehead atoms. The molecule has 0 atom stereocenters. The molecule has 0 aliphatic heterocycles. The molecule has 0 saturated heterocycles. The van der Waals surface area contributed by atoms with Crippen molar-refractivity contribution in [2.24, 2.45) is 5.41 Å². The number of carbonyl (C=O) groups is 1. The summed E-state index contributed by atoms with van der Waals surface area (Å²) in [7, 11) is 0. The van der Waals surface area contributed by atoms with E-state index in [1.54, 1.807) is 0 Å². The monoisotopic (exact) mass is 256 g/mol. The Morgan fingerprint density at radius 1 is 1.26 bits per heavy atom. The van der Waals surface area contributed by atoms with E-state index in [-0.39, 0.29) is 5.91 Å². The van der Waals surface area contributed by atoms with Gasteiger partial charge in [0.1, 0.15) is 5.41 Å². The van der Waals surface area contributed by atoms with Crippen LogP contribution in [0.5, 0.6) is 0 Å². The fourth-order valence-electron chi connectivity index (χ4n) is 2.74. The highest BCUT2D eigenvalue weighted by Crippen LogP contribution is 2.37. The van der Waals surface area contributed by atoms with Gasteiger partial charge in [0.05, 0.1) is 6.07 Å². The van der Waals surface area contributed by atoms with E-state index in [1.807, 2.05) is 32.0 Å². The van der Waals surface area contributed by atoms with E-state index in [2.05, 4.69) is 11.4 Å². The zero-order chi connectivity index (χ0) is 13.9. The third kappa shape index (κ3) is 2.78. The van der Waals surface area contributed by atoms with Gasteiger partial charge in [-0.3, -0.25) is 4.79 Å². The normalized spacial score (nSPS) is 17.5. The van der Waals surface area contributed by atoms with Crippen LogP contribution in [0.25, 0.3) is 0 Å². The van der Waals surface area contributed by atoms with Crippen LogP contribution >= 0.6 is 0 Å². The molecule has 19 heavy (non-hydrogen) atoms. The molecule has 1 aliphatic carbocycles. The molecule has 1 aromatic rings. The van der Waals surface area contributed by atoms with Gasteiger partial charge >= 0.3 is 0 Å². The molecule has 3 nitrogen and oxygen atoms in total. The number of hydrogen-bond acceptors (Lipinski definition) is 2. The molecule has 3 heteroatoms. The van der Waals surface area contributed by atoms with Crippen molar-refractivity contribution in [2.45, 2.75) is 46.0 Å². The average Bonchev–Trinajstić information content (AvgIpc) is 2.42. The van der Waals surface area contributed by atoms with Crippen molar-refractivity contribution in [3.05, 3.63) is 29.3 Å². The van der Waals surface area contributed by atoms with Gasteiger partial charge in [0.25, 0.3) is 0 Å². The van der Waals surface area contributed by atoms with E-state index in [0.29, 0.717) is 12.8 Å². The van der Waals surface area contributed by atoms with Crippen molar-refractivity contribution in [1.29, 1.82) is 5.26 Å². The number of rotatable bonds is 2. The summed E-state index contributed by atoms with van der Waals surface area (Å²) in [5.41, 5.74) is 2.20. The number of anilines is 1. The Labute approximate surface area is 114 Å². The summed E-state index contributed by atoms with van der Waals surface area (Å²) in [6.07, 6.45) is 4.42. The second-order valence-corrected chi connectivity index (χ2v) is 5.53. The Hall–Kier alpha value is -1.82. The lowest BCUT2D eigenvalue weighted by Gasteiger charge is -2.29. The maximum absolute atomic E-state index is 12.4. The molecule has 0 heterocycles. The number of nitrogens with one attached hydrogen (secondary N) is 1. The Morgan fingerprint density at radius 2 is 1.95 bits per heavy atom. The number of nitrogens with zero attached hydrogens (tertiary/aromatic N) is 1. The predicted molar refractivity (Wildman–Crippen MR) is 75.7 cm³/mol. The molecule has 1 aromatic carbocycles. The smallest absolute Gasteiger partial charge is 0.244 e. The highest BCUT2D eigenvalue weighted by molar-refractivity contribution is 5.97. The highest BCUT2D eigenvalue weighted by atomic mass is 16.2. The molecule has 100 valence electrons. The molecule has 1 aliphatic rings. The summed E-state index contributed by atoms with van der Waals surface area (Å²) in [6.45, 7) is 4.00. The lowest BCUT2D eigenvalue weighted by atomic mass is 9.74. The molecule has 1 fully saturated rings. The van der Waals surface area contributed by atoms with Gasteiger partial charge in [0.15, 0.2) is 0 Å². The van der Waals surface area contributed by atoms with Gasteiger partial charge in [0.2, 0.25) is 5.91 Å². The van der Waals surface area contributed by atoms with Gasteiger partial charge in [-0.15, -0.1) is 0 Å². The van der Waals surface area contributed by atoms with E-state index >= 15 is 0 Å². The minimum absolute atomic E-state index is 0.137. The number of aryl methyl sites for hydroxylation is 2. The SMILES string of the molecule is Cc1ccc(NC(=O)C2(C#N)CCCCC2)c(C)c1. The van der Waals surface area contributed by atoms with E-state index in [1.165, 1.54) is 5.56 Å². The zero-order valence-corrected chi connectivity index (χ0v) is 11.6. The molecule has 0 radical (unpaired) electrons. The first kappa shape index (κ1) is 13.6. The van der Waals surface area contributed by atoms with Crippen LogP contribution in [0.15, 0.2) is 18.2 Å². The van der Waals surface area contributed by atoms with Gasteiger partial charge in [0, 0.05) is 5.69 Å². The minimum atomic E-state index is -0.824. The summed E-state index contributed by atoms with van der Waals surface area (Å²) in [6, 6.07) is 8.18. The number of nitriles is 1. The first-order chi connectivity index (χ1) is 9.07. The van der Waals surface area contributed by atoms with Gasteiger partial charge < -0.3 is 5.32 Å². The van der Waals surface area contributed by atoms with Gasteiger partial charge in [-0.2, -0.15) is 5.26 Å². The van der Waals surface area contributed by atoms with Crippen LogP contribution in [-0.2, 0) is 4.79 Å².